The fraction of sp³-hybridized carbons (Fsp3) is 0.292. The number of benzene rings is 2. The number of nitrogens with one attached hydrogen (secondary N) is 1. The van der Waals surface area contributed by atoms with Crippen LogP contribution in [-0.4, -0.2) is 55.6 Å². The molecule has 10 nitrogen and oxygen atoms in total. The van der Waals surface area contributed by atoms with Gasteiger partial charge in [-0.05, 0) is 56.2 Å². The lowest BCUT2D eigenvalue weighted by molar-refractivity contribution is 0.306. The second-order valence-corrected chi connectivity index (χ2v) is 9.71. The van der Waals surface area contributed by atoms with Crippen LogP contribution in [0.4, 0.5) is 0 Å². The summed E-state index contributed by atoms with van der Waals surface area (Å²) in [6.07, 6.45) is 0. The van der Waals surface area contributed by atoms with Gasteiger partial charge in [-0.2, -0.15) is 4.52 Å². The number of hydrogen-bond acceptors (Lipinski definition) is 8. The Kier molecular flexibility index (Phi) is 6.90. The first-order valence-electron chi connectivity index (χ1n) is 10.9. The molecule has 0 spiro atoms. The third kappa shape index (κ3) is 5.05. The highest BCUT2D eigenvalue weighted by Gasteiger charge is 2.20. The van der Waals surface area contributed by atoms with E-state index >= 15 is 0 Å². The van der Waals surface area contributed by atoms with Gasteiger partial charge in [0.15, 0.2) is 11.5 Å². The highest BCUT2D eigenvalue weighted by Crippen LogP contribution is 2.32. The van der Waals surface area contributed by atoms with E-state index in [0.29, 0.717) is 50.4 Å². The number of nitrogens with zero attached hydrogens (tertiary/aromatic N) is 4. The summed E-state index contributed by atoms with van der Waals surface area (Å²) in [5.41, 5.74) is 3.60. The minimum Gasteiger partial charge on any atom is -0.497 e. The minimum atomic E-state index is -3.68. The normalized spacial score (nSPS) is 11.6. The summed E-state index contributed by atoms with van der Waals surface area (Å²) in [6.45, 7) is 5.68. The molecule has 35 heavy (non-hydrogen) atoms. The lowest BCUT2D eigenvalue weighted by atomic mass is 10.1. The molecule has 0 amide bonds. The molecule has 0 aliphatic rings. The van der Waals surface area contributed by atoms with E-state index in [1.807, 2.05) is 19.1 Å². The van der Waals surface area contributed by atoms with E-state index < -0.39 is 10.0 Å². The van der Waals surface area contributed by atoms with Crippen molar-refractivity contribution in [3.63, 3.8) is 0 Å². The first kappa shape index (κ1) is 24.4. The van der Waals surface area contributed by atoms with Gasteiger partial charge in [0.2, 0.25) is 15.9 Å². The van der Waals surface area contributed by atoms with Crippen molar-refractivity contribution in [2.24, 2.45) is 0 Å². The molecule has 0 unspecified atom stereocenters. The number of methoxy groups -OCH3 is 2. The van der Waals surface area contributed by atoms with Crippen LogP contribution in [0.2, 0.25) is 0 Å². The summed E-state index contributed by atoms with van der Waals surface area (Å²) in [7, 11) is -0.534. The number of ether oxygens (including phenoxy) is 3. The fourth-order valence-electron chi connectivity index (χ4n) is 4.00. The summed E-state index contributed by atoms with van der Waals surface area (Å²) in [4.78, 5) is 0.295. The van der Waals surface area contributed by atoms with E-state index in [4.69, 9.17) is 14.2 Å². The molecular weight excluding hydrogens is 470 g/mol. The lowest BCUT2D eigenvalue weighted by Crippen LogP contribution is -2.29. The summed E-state index contributed by atoms with van der Waals surface area (Å²) >= 11 is 0. The van der Waals surface area contributed by atoms with Crippen LogP contribution in [0.25, 0.3) is 17.0 Å². The van der Waals surface area contributed by atoms with Gasteiger partial charge in [-0.15, -0.1) is 15.3 Å². The van der Waals surface area contributed by atoms with Crippen molar-refractivity contribution >= 4 is 15.7 Å². The minimum absolute atomic E-state index is 0.0769. The Morgan fingerprint density at radius 1 is 0.943 bits per heavy atom. The van der Waals surface area contributed by atoms with Crippen LogP contribution in [0, 0.1) is 20.8 Å². The molecule has 0 atom stereocenters. The second-order valence-electron chi connectivity index (χ2n) is 8.01. The third-order valence-electron chi connectivity index (χ3n) is 5.40. The Bertz CT molecular complexity index is 1460. The molecule has 0 aliphatic carbocycles. The summed E-state index contributed by atoms with van der Waals surface area (Å²) < 4.78 is 46.3. The molecule has 0 radical (unpaired) electrons. The number of sulfonamides is 1. The Morgan fingerprint density at radius 2 is 1.69 bits per heavy atom. The van der Waals surface area contributed by atoms with Gasteiger partial charge in [-0.3, -0.25) is 0 Å². The molecule has 4 rings (SSSR count). The van der Waals surface area contributed by atoms with Gasteiger partial charge >= 0.3 is 0 Å². The Balaban J connectivity index is 1.50. The topological polar surface area (TPSA) is 117 Å². The maximum atomic E-state index is 12.8. The van der Waals surface area contributed by atoms with Crippen LogP contribution in [0.3, 0.4) is 0 Å². The quantitative estimate of drug-likeness (QED) is 0.351. The Morgan fingerprint density at radius 3 is 2.37 bits per heavy atom. The second kappa shape index (κ2) is 9.88. The summed E-state index contributed by atoms with van der Waals surface area (Å²) in [5.74, 6) is 1.97. The number of aryl methyl sites for hydroxylation is 3. The monoisotopic (exact) mass is 497 g/mol. The van der Waals surface area contributed by atoms with Crippen molar-refractivity contribution in [3.8, 4) is 28.8 Å². The first-order valence-corrected chi connectivity index (χ1v) is 12.4. The van der Waals surface area contributed by atoms with Crippen LogP contribution in [0.5, 0.6) is 17.4 Å². The Labute approximate surface area is 203 Å². The molecule has 2 aromatic heterocycles. The number of fused-ring (bicyclic) bond motifs is 1. The van der Waals surface area contributed by atoms with Gasteiger partial charge in [0, 0.05) is 12.6 Å². The average Bonchev–Trinajstić information content (AvgIpc) is 3.23. The molecule has 0 fully saturated rings. The smallest absolute Gasteiger partial charge is 0.241 e. The number of hydrogen-bond donors (Lipinski definition) is 1. The van der Waals surface area contributed by atoms with Crippen molar-refractivity contribution in [2.75, 3.05) is 27.4 Å². The zero-order valence-corrected chi connectivity index (χ0v) is 21.0. The lowest BCUT2D eigenvalue weighted by Gasteiger charge is -2.13. The standard InChI is InChI=1S/C24H27N5O5S/c1-15-12-16(2)23(17(3)13-15)35(30,31)25-10-11-34-22-9-8-21-26-27-24(29(21)28-22)19-14-18(32-4)6-7-20(19)33-5/h6-9,12-14,25H,10-11H2,1-5H3. The fourth-order valence-corrected chi connectivity index (χ4v) is 5.46. The van der Waals surface area contributed by atoms with Crippen molar-refractivity contribution < 1.29 is 22.6 Å². The van der Waals surface area contributed by atoms with E-state index in [9.17, 15) is 8.42 Å². The van der Waals surface area contributed by atoms with Crippen molar-refractivity contribution in [3.05, 3.63) is 59.2 Å². The van der Waals surface area contributed by atoms with Crippen LogP contribution in [0.1, 0.15) is 16.7 Å². The third-order valence-corrected chi connectivity index (χ3v) is 7.17. The SMILES string of the molecule is COc1ccc(OC)c(-c2nnc3ccc(OCCNS(=O)(=O)c4c(C)cc(C)cc4C)nn23)c1. The molecule has 2 aromatic carbocycles. The van der Waals surface area contributed by atoms with Gasteiger partial charge in [-0.1, -0.05) is 17.7 Å². The van der Waals surface area contributed by atoms with E-state index in [2.05, 4.69) is 20.0 Å². The zero-order chi connectivity index (χ0) is 25.2. The van der Waals surface area contributed by atoms with E-state index in [0.717, 1.165) is 5.56 Å². The molecule has 0 bridgehead atoms. The van der Waals surface area contributed by atoms with Crippen LogP contribution < -0.4 is 18.9 Å². The van der Waals surface area contributed by atoms with Crippen LogP contribution in [0.15, 0.2) is 47.4 Å². The Hall–Kier alpha value is -3.70. The van der Waals surface area contributed by atoms with Crippen molar-refractivity contribution in [2.45, 2.75) is 25.7 Å². The molecule has 184 valence electrons. The molecule has 4 aromatic rings. The molecule has 11 heteroatoms. The van der Waals surface area contributed by atoms with Gasteiger partial charge in [0.05, 0.1) is 24.7 Å². The van der Waals surface area contributed by atoms with Gasteiger partial charge < -0.3 is 14.2 Å². The molecule has 0 saturated carbocycles. The molecule has 2 heterocycles. The van der Waals surface area contributed by atoms with Crippen molar-refractivity contribution in [1.82, 2.24) is 24.5 Å². The average molecular weight is 498 g/mol. The number of aromatic nitrogens is 4. The van der Waals surface area contributed by atoms with E-state index in [1.54, 1.807) is 58.4 Å². The van der Waals surface area contributed by atoms with Crippen LogP contribution >= 0.6 is 0 Å². The maximum Gasteiger partial charge on any atom is 0.241 e. The molecule has 1 N–H and O–H groups in total. The van der Waals surface area contributed by atoms with Gasteiger partial charge in [0.1, 0.15) is 18.1 Å². The first-order chi connectivity index (χ1) is 16.7. The molecule has 0 saturated heterocycles. The summed E-state index contributed by atoms with van der Waals surface area (Å²) in [5, 5.41) is 12.9. The van der Waals surface area contributed by atoms with Crippen molar-refractivity contribution in [1.29, 1.82) is 0 Å². The van der Waals surface area contributed by atoms with E-state index in [-0.39, 0.29) is 13.2 Å². The van der Waals surface area contributed by atoms with Gasteiger partial charge in [0.25, 0.3) is 0 Å². The number of rotatable bonds is 9. The van der Waals surface area contributed by atoms with Gasteiger partial charge in [-0.25, -0.2) is 13.1 Å². The predicted octanol–water partition coefficient (Wildman–Crippen LogP) is 3.09. The van der Waals surface area contributed by atoms with E-state index in [1.165, 1.54) is 4.52 Å². The predicted molar refractivity (Wildman–Crippen MR) is 131 cm³/mol. The summed E-state index contributed by atoms with van der Waals surface area (Å²) in [6, 6.07) is 12.4. The highest BCUT2D eigenvalue weighted by atomic mass is 32.2. The molecular formula is C24H27N5O5S. The highest BCUT2D eigenvalue weighted by molar-refractivity contribution is 7.89. The zero-order valence-electron chi connectivity index (χ0n) is 20.2. The maximum absolute atomic E-state index is 12.8. The van der Waals surface area contributed by atoms with Crippen LogP contribution in [-0.2, 0) is 10.0 Å². The molecule has 0 aliphatic heterocycles. The largest absolute Gasteiger partial charge is 0.497 e.